The monoisotopic (exact) mass is 375 g/mol. The van der Waals surface area contributed by atoms with E-state index in [1.807, 2.05) is 31.2 Å². The van der Waals surface area contributed by atoms with E-state index in [-0.39, 0.29) is 5.92 Å². The van der Waals surface area contributed by atoms with Gasteiger partial charge < -0.3 is 9.84 Å². The zero-order chi connectivity index (χ0) is 19.4. The van der Waals surface area contributed by atoms with Crippen LogP contribution in [0.5, 0.6) is 5.75 Å². The molecule has 0 aliphatic carbocycles. The summed E-state index contributed by atoms with van der Waals surface area (Å²) in [6.07, 6.45) is 1.01. The molecule has 4 nitrogen and oxygen atoms in total. The number of carboxylic acids is 1. The van der Waals surface area contributed by atoms with Gasteiger partial charge in [-0.15, -0.1) is 0 Å². The number of carboxylic acid groups (broad SMARTS) is 1. The first-order valence-corrected chi connectivity index (χ1v) is 9.14. The largest absolute Gasteiger partial charge is 0.494 e. The molecule has 0 spiro atoms. The van der Waals surface area contributed by atoms with Crippen LogP contribution in [0.2, 0.25) is 0 Å². The Morgan fingerprint density at radius 2 is 1.85 bits per heavy atom. The van der Waals surface area contributed by atoms with Crippen molar-refractivity contribution in [2.75, 3.05) is 19.7 Å². The van der Waals surface area contributed by atoms with Crippen LogP contribution in [-0.4, -0.2) is 35.7 Å². The first-order valence-electron chi connectivity index (χ1n) is 9.14. The van der Waals surface area contributed by atoms with Gasteiger partial charge in [0, 0.05) is 11.6 Å². The van der Waals surface area contributed by atoms with Crippen LogP contribution < -0.4 is 4.74 Å². The summed E-state index contributed by atoms with van der Waals surface area (Å²) in [6.45, 7) is 3.52. The fourth-order valence-corrected chi connectivity index (χ4v) is 3.63. The highest BCUT2D eigenvalue weighted by Crippen LogP contribution is 2.34. The highest BCUT2D eigenvalue weighted by atomic mass is 19.1. The predicted molar refractivity (Wildman–Crippen MR) is 97.7 cm³/mol. The van der Waals surface area contributed by atoms with Crippen molar-refractivity contribution in [3.05, 3.63) is 65.2 Å². The number of piperidine rings is 1. The average molecular weight is 375 g/mol. The Labute approximate surface area is 157 Å². The molecule has 2 aromatic carbocycles. The van der Waals surface area contributed by atoms with Gasteiger partial charge in [-0.1, -0.05) is 18.2 Å². The SMILES string of the molecule is CCOc1ccc(C(c2ccc(F)cc2F)N2CCC(C(=O)O)CC2)cc1. The maximum atomic E-state index is 14.6. The van der Waals surface area contributed by atoms with E-state index in [0.717, 1.165) is 17.4 Å². The van der Waals surface area contributed by atoms with Crippen molar-refractivity contribution in [2.24, 2.45) is 5.92 Å². The minimum absolute atomic E-state index is 0.375. The first-order chi connectivity index (χ1) is 13.0. The highest BCUT2D eigenvalue weighted by Gasteiger charge is 2.31. The third-order valence-corrected chi connectivity index (χ3v) is 5.01. The Balaban J connectivity index is 1.93. The second kappa shape index (κ2) is 8.48. The summed E-state index contributed by atoms with van der Waals surface area (Å²) in [5, 5.41) is 9.22. The third-order valence-electron chi connectivity index (χ3n) is 5.01. The standard InChI is InChI=1S/C21H23F2NO3/c1-2-27-17-6-3-14(4-7-17)20(18-8-5-16(22)13-19(18)23)24-11-9-15(10-12-24)21(25)26/h3-8,13,15,20H,2,9-12H2,1H3,(H,25,26). The van der Waals surface area contributed by atoms with Crippen molar-refractivity contribution >= 4 is 5.97 Å². The van der Waals surface area contributed by atoms with E-state index in [1.165, 1.54) is 12.1 Å². The average Bonchev–Trinajstić information content (AvgIpc) is 2.65. The molecule has 1 aliphatic heterocycles. The van der Waals surface area contributed by atoms with Crippen LogP contribution >= 0.6 is 0 Å². The molecule has 27 heavy (non-hydrogen) atoms. The molecule has 3 rings (SSSR count). The van der Waals surface area contributed by atoms with Crippen molar-refractivity contribution < 1.29 is 23.4 Å². The van der Waals surface area contributed by atoms with E-state index in [4.69, 9.17) is 4.74 Å². The van der Waals surface area contributed by atoms with Crippen molar-refractivity contribution in [1.29, 1.82) is 0 Å². The summed E-state index contributed by atoms with van der Waals surface area (Å²) < 4.78 is 33.4. The van der Waals surface area contributed by atoms with Gasteiger partial charge in [-0.3, -0.25) is 9.69 Å². The quantitative estimate of drug-likeness (QED) is 0.820. The van der Waals surface area contributed by atoms with Crippen LogP contribution in [0.15, 0.2) is 42.5 Å². The Kier molecular flexibility index (Phi) is 6.06. The van der Waals surface area contributed by atoms with Crippen molar-refractivity contribution in [3.8, 4) is 5.75 Å². The molecular formula is C21H23F2NO3. The van der Waals surface area contributed by atoms with E-state index in [2.05, 4.69) is 4.90 Å². The Bertz CT molecular complexity index is 787. The Morgan fingerprint density at radius 1 is 1.19 bits per heavy atom. The van der Waals surface area contributed by atoms with Crippen LogP contribution in [-0.2, 0) is 4.79 Å². The van der Waals surface area contributed by atoms with Gasteiger partial charge in [0.05, 0.1) is 18.6 Å². The normalized spacial score (nSPS) is 16.9. The van der Waals surface area contributed by atoms with Gasteiger partial charge in [-0.2, -0.15) is 0 Å². The van der Waals surface area contributed by atoms with Crippen molar-refractivity contribution in [2.45, 2.75) is 25.8 Å². The summed E-state index contributed by atoms with van der Waals surface area (Å²) in [5.41, 5.74) is 1.24. The lowest BCUT2D eigenvalue weighted by molar-refractivity contribution is -0.143. The number of aliphatic carboxylic acids is 1. The van der Waals surface area contributed by atoms with Crippen LogP contribution in [0.1, 0.15) is 36.9 Å². The molecule has 1 atom stereocenters. The van der Waals surface area contributed by atoms with Crippen molar-refractivity contribution in [3.63, 3.8) is 0 Å². The molecule has 0 amide bonds. The van der Waals surface area contributed by atoms with Gasteiger partial charge in [-0.05, 0) is 56.6 Å². The van der Waals surface area contributed by atoms with E-state index >= 15 is 0 Å². The molecule has 2 aromatic rings. The molecule has 144 valence electrons. The predicted octanol–water partition coefficient (Wildman–Crippen LogP) is 4.25. The molecule has 0 radical (unpaired) electrons. The molecule has 1 fully saturated rings. The molecule has 0 bridgehead atoms. The molecule has 1 saturated heterocycles. The summed E-state index contributed by atoms with van der Waals surface area (Å²) in [6, 6.07) is 10.6. The summed E-state index contributed by atoms with van der Waals surface area (Å²) in [4.78, 5) is 13.3. The second-order valence-corrected chi connectivity index (χ2v) is 6.72. The van der Waals surface area contributed by atoms with Crippen molar-refractivity contribution in [1.82, 2.24) is 4.90 Å². The molecule has 0 saturated carbocycles. The number of likely N-dealkylation sites (tertiary alicyclic amines) is 1. The number of nitrogens with zero attached hydrogens (tertiary/aromatic N) is 1. The minimum Gasteiger partial charge on any atom is -0.494 e. The van der Waals surface area contributed by atoms with Gasteiger partial charge in [0.15, 0.2) is 0 Å². The zero-order valence-corrected chi connectivity index (χ0v) is 15.2. The smallest absolute Gasteiger partial charge is 0.306 e. The molecular weight excluding hydrogens is 352 g/mol. The summed E-state index contributed by atoms with van der Waals surface area (Å²) in [7, 11) is 0. The number of ether oxygens (including phenoxy) is 1. The van der Waals surface area contributed by atoms with Gasteiger partial charge in [-0.25, -0.2) is 8.78 Å². The number of benzene rings is 2. The first kappa shape index (κ1) is 19.3. The number of hydrogen-bond acceptors (Lipinski definition) is 3. The Morgan fingerprint density at radius 3 is 2.41 bits per heavy atom. The molecule has 6 heteroatoms. The lowest BCUT2D eigenvalue weighted by atomic mass is 9.91. The zero-order valence-electron chi connectivity index (χ0n) is 15.2. The number of rotatable bonds is 6. The lowest BCUT2D eigenvalue weighted by Gasteiger charge is -2.37. The van der Waals surface area contributed by atoms with E-state index in [9.17, 15) is 18.7 Å². The van der Waals surface area contributed by atoms with E-state index < -0.39 is 23.6 Å². The third kappa shape index (κ3) is 4.45. The number of hydrogen-bond donors (Lipinski definition) is 1. The molecule has 1 N–H and O–H groups in total. The highest BCUT2D eigenvalue weighted by molar-refractivity contribution is 5.70. The molecule has 1 aliphatic rings. The number of carbonyl (C=O) groups is 1. The fraction of sp³-hybridized carbons (Fsp3) is 0.381. The maximum Gasteiger partial charge on any atom is 0.306 e. The molecule has 1 unspecified atom stereocenters. The second-order valence-electron chi connectivity index (χ2n) is 6.72. The van der Waals surface area contributed by atoms with Crippen LogP contribution in [0.4, 0.5) is 8.78 Å². The lowest BCUT2D eigenvalue weighted by Crippen LogP contribution is -2.39. The van der Waals surface area contributed by atoms with Gasteiger partial charge in [0.1, 0.15) is 17.4 Å². The van der Waals surface area contributed by atoms with Gasteiger partial charge >= 0.3 is 5.97 Å². The Hall–Kier alpha value is -2.47. The fourth-order valence-electron chi connectivity index (χ4n) is 3.63. The van der Waals surface area contributed by atoms with Gasteiger partial charge in [0.25, 0.3) is 0 Å². The minimum atomic E-state index is -0.791. The van der Waals surface area contributed by atoms with E-state index in [1.54, 1.807) is 0 Å². The summed E-state index contributed by atoms with van der Waals surface area (Å²) in [5.74, 6) is -1.66. The maximum absolute atomic E-state index is 14.6. The number of halogens is 2. The summed E-state index contributed by atoms with van der Waals surface area (Å²) >= 11 is 0. The van der Waals surface area contributed by atoms with Crippen LogP contribution in [0.25, 0.3) is 0 Å². The molecule has 1 heterocycles. The molecule has 0 aromatic heterocycles. The van der Waals surface area contributed by atoms with E-state index in [0.29, 0.717) is 38.1 Å². The van der Waals surface area contributed by atoms with Gasteiger partial charge in [0.2, 0.25) is 0 Å². The van der Waals surface area contributed by atoms with Crippen LogP contribution in [0.3, 0.4) is 0 Å². The van der Waals surface area contributed by atoms with Crippen LogP contribution in [0, 0.1) is 17.6 Å². The topological polar surface area (TPSA) is 49.8 Å².